The fourth-order valence-electron chi connectivity index (χ4n) is 1.66. The summed E-state index contributed by atoms with van der Waals surface area (Å²) >= 11 is 0. The Bertz CT molecular complexity index is 324. The molecule has 0 fully saturated rings. The van der Waals surface area contributed by atoms with E-state index in [0.717, 1.165) is 5.56 Å². The van der Waals surface area contributed by atoms with Gasteiger partial charge >= 0.3 is 0 Å². The van der Waals surface area contributed by atoms with Gasteiger partial charge in [-0.25, -0.2) is 0 Å². The summed E-state index contributed by atoms with van der Waals surface area (Å²) in [6.07, 6.45) is 1.43. The van der Waals surface area contributed by atoms with Crippen molar-refractivity contribution in [1.82, 2.24) is 0 Å². The molecule has 0 spiro atoms. The van der Waals surface area contributed by atoms with E-state index in [1.54, 1.807) is 0 Å². The highest BCUT2D eigenvalue weighted by Crippen LogP contribution is 2.22. The number of aryl methyl sites for hydroxylation is 2. The van der Waals surface area contributed by atoms with Crippen LogP contribution in [0, 0.1) is 19.3 Å². The lowest BCUT2D eigenvalue weighted by Crippen LogP contribution is -1.96. The van der Waals surface area contributed by atoms with Crippen LogP contribution in [0.4, 0.5) is 0 Å². The predicted octanol–water partition coefficient (Wildman–Crippen LogP) is 3.42. The van der Waals surface area contributed by atoms with Crippen molar-refractivity contribution in [2.24, 2.45) is 0 Å². The van der Waals surface area contributed by atoms with E-state index >= 15 is 0 Å². The average molecular weight is 175 g/mol. The molecule has 0 bridgehead atoms. The Kier molecular flexibility index (Phi) is 2.86. The molecule has 0 aliphatic heterocycles. The lowest BCUT2D eigenvalue weighted by atomic mass is 9.93. The molecule has 0 aliphatic carbocycles. The van der Waals surface area contributed by atoms with Gasteiger partial charge in [0.05, 0.1) is 0 Å². The highest BCUT2D eigenvalue weighted by Gasteiger charge is 2.05. The summed E-state index contributed by atoms with van der Waals surface area (Å²) in [5, 5.41) is 7.27. The van der Waals surface area contributed by atoms with E-state index in [0.29, 0.717) is 5.92 Å². The molecule has 1 heteroatoms. The summed E-state index contributed by atoms with van der Waals surface area (Å²) in [6.45, 7) is 8.56. The zero-order valence-corrected chi connectivity index (χ0v) is 8.81. The number of benzene rings is 1. The van der Waals surface area contributed by atoms with Gasteiger partial charge in [0.2, 0.25) is 0 Å². The Morgan fingerprint density at radius 3 is 2.23 bits per heavy atom. The summed E-state index contributed by atoms with van der Waals surface area (Å²) < 4.78 is 0. The largest absolute Gasteiger partial charge is 0.308 e. The van der Waals surface area contributed by atoms with E-state index in [4.69, 9.17) is 5.41 Å². The maximum atomic E-state index is 7.27. The summed E-state index contributed by atoms with van der Waals surface area (Å²) in [6, 6.07) is 4.29. The van der Waals surface area contributed by atoms with Crippen LogP contribution in [0.15, 0.2) is 12.1 Å². The van der Waals surface area contributed by atoms with Gasteiger partial charge in [-0.05, 0) is 48.1 Å². The Morgan fingerprint density at radius 1 is 1.15 bits per heavy atom. The van der Waals surface area contributed by atoms with Crippen LogP contribution in [0.25, 0.3) is 0 Å². The van der Waals surface area contributed by atoms with Crippen LogP contribution in [-0.4, -0.2) is 6.21 Å². The first-order chi connectivity index (χ1) is 6.06. The minimum atomic E-state index is 0.541. The van der Waals surface area contributed by atoms with Crippen molar-refractivity contribution in [1.29, 1.82) is 5.41 Å². The summed E-state index contributed by atoms with van der Waals surface area (Å²) in [5.41, 5.74) is 4.91. The molecule has 0 saturated heterocycles. The van der Waals surface area contributed by atoms with Gasteiger partial charge in [-0.15, -0.1) is 0 Å². The molecule has 0 amide bonds. The van der Waals surface area contributed by atoms with Gasteiger partial charge in [0.25, 0.3) is 0 Å². The predicted molar refractivity (Wildman–Crippen MR) is 57.9 cm³/mol. The number of hydrogen-bond acceptors (Lipinski definition) is 1. The van der Waals surface area contributed by atoms with Gasteiger partial charge in [0.15, 0.2) is 0 Å². The van der Waals surface area contributed by atoms with Crippen molar-refractivity contribution >= 4 is 6.21 Å². The monoisotopic (exact) mass is 175 g/mol. The van der Waals surface area contributed by atoms with Crippen LogP contribution in [0.2, 0.25) is 0 Å². The van der Waals surface area contributed by atoms with Gasteiger partial charge in [0, 0.05) is 6.21 Å². The molecule has 0 radical (unpaired) electrons. The van der Waals surface area contributed by atoms with Crippen molar-refractivity contribution in [3.05, 3.63) is 34.4 Å². The fourth-order valence-corrected chi connectivity index (χ4v) is 1.66. The molecule has 0 heterocycles. The Labute approximate surface area is 80.3 Å². The van der Waals surface area contributed by atoms with Gasteiger partial charge in [-0.3, -0.25) is 0 Å². The standard InChI is InChI=1S/C12H17N/c1-8(2)12-6-11(7-13)9(3)5-10(12)4/h5-8,13H,1-4H3. The molecule has 70 valence electrons. The molecule has 1 rings (SSSR count). The van der Waals surface area contributed by atoms with Gasteiger partial charge < -0.3 is 5.41 Å². The van der Waals surface area contributed by atoms with Gasteiger partial charge in [0.1, 0.15) is 0 Å². The minimum Gasteiger partial charge on any atom is -0.308 e. The van der Waals surface area contributed by atoms with Crippen LogP contribution < -0.4 is 0 Å². The molecule has 0 saturated carbocycles. The Morgan fingerprint density at radius 2 is 1.77 bits per heavy atom. The lowest BCUT2D eigenvalue weighted by molar-refractivity contribution is 0.855. The van der Waals surface area contributed by atoms with Crippen molar-refractivity contribution in [2.45, 2.75) is 33.6 Å². The third-order valence-electron chi connectivity index (χ3n) is 2.43. The second-order valence-corrected chi connectivity index (χ2v) is 3.86. The highest BCUT2D eigenvalue weighted by molar-refractivity contribution is 5.79. The highest BCUT2D eigenvalue weighted by atomic mass is 14.3. The lowest BCUT2D eigenvalue weighted by Gasteiger charge is -2.12. The van der Waals surface area contributed by atoms with Crippen molar-refractivity contribution < 1.29 is 0 Å². The van der Waals surface area contributed by atoms with E-state index < -0.39 is 0 Å². The molecule has 1 nitrogen and oxygen atoms in total. The molecule has 0 aromatic heterocycles. The minimum absolute atomic E-state index is 0.541. The van der Waals surface area contributed by atoms with Crippen LogP contribution in [-0.2, 0) is 0 Å². The average Bonchev–Trinajstić information content (AvgIpc) is 2.03. The van der Waals surface area contributed by atoms with Crippen molar-refractivity contribution in [3.8, 4) is 0 Å². The van der Waals surface area contributed by atoms with Crippen molar-refractivity contribution in [3.63, 3.8) is 0 Å². The van der Waals surface area contributed by atoms with Crippen LogP contribution in [0.5, 0.6) is 0 Å². The molecule has 1 N–H and O–H groups in total. The van der Waals surface area contributed by atoms with Crippen LogP contribution in [0.3, 0.4) is 0 Å². The number of rotatable bonds is 2. The van der Waals surface area contributed by atoms with E-state index in [-0.39, 0.29) is 0 Å². The third kappa shape index (κ3) is 1.97. The Balaban J connectivity index is 3.30. The number of hydrogen-bond donors (Lipinski definition) is 1. The van der Waals surface area contributed by atoms with Gasteiger partial charge in [-0.1, -0.05) is 19.9 Å². The zero-order chi connectivity index (χ0) is 10.0. The number of nitrogens with one attached hydrogen (secondary N) is 1. The van der Waals surface area contributed by atoms with E-state index in [2.05, 4.69) is 39.8 Å². The third-order valence-corrected chi connectivity index (χ3v) is 2.43. The SMILES string of the molecule is Cc1cc(C)c(C(C)C)cc1C=N. The molecule has 1 aromatic rings. The maximum Gasteiger partial charge on any atom is 0.0253 e. The first-order valence-electron chi connectivity index (χ1n) is 4.68. The zero-order valence-electron chi connectivity index (χ0n) is 8.81. The summed E-state index contributed by atoms with van der Waals surface area (Å²) in [7, 11) is 0. The second kappa shape index (κ2) is 3.73. The summed E-state index contributed by atoms with van der Waals surface area (Å²) in [4.78, 5) is 0. The van der Waals surface area contributed by atoms with Crippen molar-refractivity contribution in [2.75, 3.05) is 0 Å². The normalized spacial score (nSPS) is 10.5. The fraction of sp³-hybridized carbons (Fsp3) is 0.417. The molecular weight excluding hydrogens is 158 g/mol. The van der Waals surface area contributed by atoms with E-state index in [1.807, 2.05) is 0 Å². The first-order valence-corrected chi connectivity index (χ1v) is 4.68. The van der Waals surface area contributed by atoms with Crippen LogP contribution in [0.1, 0.15) is 42.0 Å². The van der Waals surface area contributed by atoms with Gasteiger partial charge in [-0.2, -0.15) is 0 Å². The van der Waals surface area contributed by atoms with E-state index in [9.17, 15) is 0 Å². The van der Waals surface area contributed by atoms with Crippen LogP contribution >= 0.6 is 0 Å². The quantitative estimate of drug-likeness (QED) is 0.666. The molecule has 0 unspecified atom stereocenters. The maximum absolute atomic E-state index is 7.27. The smallest absolute Gasteiger partial charge is 0.0253 e. The Hall–Kier alpha value is -1.11. The summed E-state index contributed by atoms with van der Waals surface area (Å²) in [5.74, 6) is 0.541. The first kappa shape index (κ1) is 9.97. The molecule has 13 heavy (non-hydrogen) atoms. The molecule has 1 aromatic carbocycles. The second-order valence-electron chi connectivity index (χ2n) is 3.86. The molecule has 0 aliphatic rings. The topological polar surface area (TPSA) is 23.9 Å². The van der Waals surface area contributed by atoms with E-state index in [1.165, 1.54) is 22.9 Å². The molecule has 0 atom stereocenters. The molecular formula is C12H17N.